The van der Waals surface area contributed by atoms with E-state index in [0.717, 1.165) is 18.6 Å². The van der Waals surface area contributed by atoms with Crippen LogP contribution in [0.4, 0.5) is 13.2 Å². The summed E-state index contributed by atoms with van der Waals surface area (Å²) in [6.07, 6.45) is -2.58. The molecule has 1 heterocycles. The van der Waals surface area contributed by atoms with Crippen LogP contribution in [-0.4, -0.2) is 32.2 Å². The van der Waals surface area contributed by atoms with Gasteiger partial charge in [-0.15, -0.1) is 13.2 Å². The first-order valence-electron chi connectivity index (χ1n) is 6.16. The number of halogens is 3. The molecule has 0 bridgehead atoms. The third-order valence-electron chi connectivity index (χ3n) is 3.01. The fourth-order valence-corrected chi connectivity index (χ4v) is 3.75. The standard InChI is InChI=1S/C12H14F3NO3S/c13-12(14,15)19-10-6-2-3-7-11(10)20(17,18)16-8-4-1-5-9-16/h2-3,6-7H,1,4-5,8-9H2. The molecule has 0 aromatic heterocycles. The summed E-state index contributed by atoms with van der Waals surface area (Å²) in [7, 11) is -3.96. The highest BCUT2D eigenvalue weighted by Gasteiger charge is 2.35. The van der Waals surface area contributed by atoms with Crippen molar-refractivity contribution in [3.8, 4) is 5.75 Å². The summed E-state index contributed by atoms with van der Waals surface area (Å²) in [6.45, 7) is 0.644. The summed E-state index contributed by atoms with van der Waals surface area (Å²) in [5.41, 5.74) is 0. The Kier molecular flexibility index (Phi) is 4.24. The molecule has 0 unspecified atom stereocenters. The molecule has 8 heteroatoms. The van der Waals surface area contributed by atoms with Crippen molar-refractivity contribution in [3.63, 3.8) is 0 Å². The van der Waals surface area contributed by atoms with Gasteiger partial charge < -0.3 is 4.74 Å². The van der Waals surface area contributed by atoms with Crippen molar-refractivity contribution in [2.45, 2.75) is 30.5 Å². The highest BCUT2D eigenvalue weighted by molar-refractivity contribution is 7.89. The van der Waals surface area contributed by atoms with E-state index in [1.165, 1.54) is 16.4 Å². The molecular weight excluding hydrogens is 295 g/mol. The Balaban J connectivity index is 2.36. The Hall–Kier alpha value is -1.28. The second-order valence-corrected chi connectivity index (χ2v) is 6.37. The van der Waals surface area contributed by atoms with Crippen LogP contribution in [0.3, 0.4) is 0 Å². The van der Waals surface area contributed by atoms with Gasteiger partial charge in [-0.1, -0.05) is 18.6 Å². The van der Waals surface area contributed by atoms with Crippen LogP contribution in [0.1, 0.15) is 19.3 Å². The van der Waals surface area contributed by atoms with Gasteiger partial charge in [-0.2, -0.15) is 4.31 Å². The molecule has 1 aromatic rings. The van der Waals surface area contributed by atoms with Crippen LogP contribution < -0.4 is 4.74 Å². The number of para-hydroxylation sites is 1. The number of rotatable bonds is 3. The molecule has 1 saturated heterocycles. The number of alkyl halides is 3. The van der Waals surface area contributed by atoms with Crippen molar-refractivity contribution in [3.05, 3.63) is 24.3 Å². The van der Waals surface area contributed by atoms with E-state index < -0.39 is 27.0 Å². The van der Waals surface area contributed by atoms with Crippen LogP contribution in [-0.2, 0) is 10.0 Å². The summed E-state index contributed by atoms with van der Waals surface area (Å²) in [4.78, 5) is -0.445. The average molecular weight is 309 g/mol. The second kappa shape index (κ2) is 5.61. The molecule has 0 radical (unpaired) electrons. The number of sulfonamides is 1. The van der Waals surface area contributed by atoms with Crippen molar-refractivity contribution in [1.82, 2.24) is 4.31 Å². The van der Waals surface area contributed by atoms with E-state index in [-0.39, 0.29) is 0 Å². The molecule has 20 heavy (non-hydrogen) atoms. The van der Waals surface area contributed by atoms with Crippen molar-refractivity contribution in [2.24, 2.45) is 0 Å². The van der Waals surface area contributed by atoms with Crippen LogP contribution in [0.5, 0.6) is 5.75 Å². The quantitative estimate of drug-likeness (QED) is 0.862. The molecule has 1 aliphatic heterocycles. The molecule has 0 atom stereocenters. The van der Waals surface area contributed by atoms with Gasteiger partial charge in [0.25, 0.3) is 0 Å². The molecule has 0 spiro atoms. The molecule has 0 aliphatic carbocycles. The number of benzene rings is 1. The maximum absolute atomic E-state index is 12.4. The third kappa shape index (κ3) is 3.43. The number of nitrogens with zero attached hydrogens (tertiary/aromatic N) is 1. The summed E-state index contributed by atoms with van der Waals surface area (Å²) in [5, 5.41) is 0. The van der Waals surface area contributed by atoms with Gasteiger partial charge >= 0.3 is 6.36 Å². The molecule has 0 N–H and O–H groups in total. The van der Waals surface area contributed by atoms with Gasteiger partial charge in [-0.25, -0.2) is 8.42 Å². The maximum Gasteiger partial charge on any atom is 0.573 e. The Labute approximate surface area is 115 Å². The van der Waals surface area contributed by atoms with E-state index in [0.29, 0.717) is 25.9 Å². The first kappa shape index (κ1) is 15.1. The van der Waals surface area contributed by atoms with Crippen molar-refractivity contribution >= 4 is 10.0 Å². The summed E-state index contributed by atoms with van der Waals surface area (Å²) in [5.74, 6) is -0.689. The largest absolute Gasteiger partial charge is 0.573 e. The smallest absolute Gasteiger partial charge is 0.404 e. The minimum Gasteiger partial charge on any atom is -0.404 e. The van der Waals surface area contributed by atoms with Gasteiger partial charge in [0.2, 0.25) is 10.0 Å². The van der Waals surface area contributed by atoms with Gasteiger partial charge in [0.15, 0.2) is 0 Å². The lowest BCUT2D eigenvalue weighted by molar-refractivity contribution is -0.275. The van der Waals surface area contributed by atoms with Crippen LogP contribution in [0.25, 0.3) is 0 Å². The minimum absolute atomic E-state index is 0.322. The maximum atomic E-state index is 12.4. The van der Waals surface area contributed by atoms with E-state index >= 15 is 0 Å². The van der Waals surface area contributed by atoms with Gasteiger partial charge in [0, 0.05) is 13.1 Å². The van der Waals surface area contributed by atoms with Crippen molar-refractivity contribution in [1.29, 1.82) is 0 Å². The zero-order valence-electron chi connectivity index (χ0n) is 10.6. The van der Waals surface area contributed by atoms with Crippen molar-refractivity contribution in [2.75, 3.05) is 13.1 Å². The Morgan fingerprint density at radius 3 is 2.25 bits per heavy atom. The molecule has 0 saturated carbocycles. The zero-order valence-corrected chi connectivity index (χ0v) is 11.4. The van der Waals surface area contributed by atoms with Gasteiger partial charge in [-0.05, 0) is 25.0 Å². The van der Waals surface area contributed by atoms with E-state index in [1.807, 2.05) is 0 Å². The highest BCUT2D eigenvalue weighted by Crippen LogP contribution is 2.32. The first-order chi connectivity index (χ1) is 9.31. The number of ether oxygens (including phenoxy) is 1. The summed E-state index contributed by atoms with van der Waals surface area (Å²) >= 11 is 0. The normalized spacial score (nSPS) is 17.9. The molecular formula is C12H14F3NO3S. The first-order valence-corrected chi connectivity index (χ1v) is 7.60. The predicted molar refractivity (Wildman–Crippen MR) is 65.7 cm³/mol. The molecule has 4 nitrogen and oxygen atoms in total. The fraction of sp³-hybridized carbons (Fsp3) is 0.500. The average Bonchev–Trinajstić information content (AvgIpc) is 2.38. The fourth-order valence-electron chi connectivity index (χ4n) is 2.12. The van der Waals surface area contributed by atoms with Crippen molar-refractivity contribution < 1.29 is 26.3 Å². The van der Waals surface area contributed by atoms with E-state index in [2.05, 4.69) is 4.74 Å². The Morgan fingerprint density at radius 1 is 1.05 bits per heavy atom. The lowest BCUT2D eigenvalue weighted by Crippen LogP contribution is -2.36. The Bertz CT molecular complexity index is 566. The van der Waals surface area contributed by atoms with Gasteiger partial charge in [-0.3, -0.25) is 0 Å². The van der Waals surface area contributed by atoms with E-state index in [4.69, 9.17) is 0 Å². The molecule has 112 valence electrons. The molecule has 1 aliphatic rings. The van der Waals surface area contributed by atoms with Crippen LogP contribution >= 0.6 is 0 Å². The molecule has 0 amide bonds. The molecule has 2 rings (SSSR count). The van der Waals surface area contributed by atoms with Crippen LogP contribution in [0.2, 0.25) is 0 Å². The number of hydrogen-bond donors (Lipinski definition) is 0. The minimum atomic E-state index is -4.92. The van der Waals surface area contributed by atoms with Crippen LogP contribution in [0.15, 0.2) is 29.2 Å². The number of hydrogen-bond acceptors (Lipinski definition) is 3. The Morgan fingerprint density at radius 2 is 1.65 bits per heavy atom. The second-order valence-electron chi connectivity index (χ2n) is 4.46. The van der Waals surface area contributed by atoms with Crippen LogP contribution in [0, 0.1) is 0 Å². The monoisotopic (exact) mass is 309 g/mol. The lowest BCUT2D eigenvalue weighted by Gasteiger charge is -2.26. The summed E-state index contributed by atoms with van der Waals surface area (Å²) in [6, 6.07) is 4.81. The van der Waals surface area contributed by atoms with Gasteiger partial charge in [0.1, 0.15) is 10.6 Å². The van der Waals surface area contributed by atoms with Gasteiger partial charge in [0.05, 0.1) is 0 Å². The highest BCUT2D eigenvalue weighted by atomic mass is 32.2. The summed E-state index contributed by atoms with van der Waals surface area (Å²) < 4.78 is 66.7. The molecule has 1 aromatic carbocycles. The SMILES string of the molecule is O=S(=O)(c1ccccc1OC(F)(F)F)N1CCCCC1. The zero-order chi connectivity index (χ0) is 14.8. The molecule has 1 fully saturated rings. The number of piperidine rings is 1. The van der Waals surface area contributed by atoms with E-state index in [9.17, 15) is 21.6 Å². The third-order valence-corrected chi connectivity index (χ3v) is 4.95. The topological polar surface area (TPSA) is 46.6 Å². The lowest BCUT2D eigenvalue weighted by atomic mass is 10.2. The predicted octanol–water partition coefficient (Wildman–Crippen LogP) is 2.76. The van der Waals surface area contributed by atoms with E-state index in [1.54, 1.807) is 0 Å².